The molecule has 0 bridgehead atoms. The fourth-order valence-corrected chi connectivity index (χ4v) is 5.71. The minimum absolute atomic E-state index is 0.226. The van der Waals surface area contributed by atoms with Gasteiger partial charge >= 0.3 is 0 Å². The average molecular weight is 1050 g/mol. The largest absolute Gasteiger partial charge is 0.502 e. The second-order valence-electron chi connectivity index (χ2n) is 17.1. The monoisotopic (exact) mass is 1050 g/mol. The molecule has 0 radical (unpaired) electrons. The summed E-state index contributed by atoms with van der Waals surface area (Å²) in [6.07, 6.45) is 30.0. The molecule has 74 heavy (non-hydrogen) atoms. The second kappa shape index (κ2) is 65.0. The van der Waals surface area contributed by atoms with Crippen LogP contribution in [0.15, 0.2) is 167 Å². The van der Waals surface area contributed by atoms with Crippen LogP contribution in [-0.4, -0.2) is 99.1 Å². The molecule has 0 atom stereocenters. The van der Waals surface area contributed by atoms with Gasteiger partial charge in [0.05, 0.1) is 173 Å². The summed E-state index contributed by atoms with van der Waals surface area (Å²) in [6.45, 7) is 63.4. The molecule has 0 aromatic carbocycles. The van der Waals surface area contributed by atoms with E-state index in [1.165, 1.54) is 107 Å². The Morgan fingerprint density at radius 1 is 0.351 bits per heavy atom. The lowest BCUT2D eigenvalue weighted by Gasteiger charge is -2.27. The van der Waals surface area contributed by atoms with E-state index in [1.807, 2.05) is 6.92 Å². The summed E-state index contributed by atoms with van der Waals surface area (Å²) in [5.41, 5.74) is 0.0303. The van der Waals surface area contributed by atoms with Gasteiger partial charge in [0, 0.05) is 0 Å². The Bertz CT molecular complexity index is 1220. The van der Waals surface area contributed by atoms with Crippen LogP contribution in [0.2, 0.25) is 0 Å². The fourth-order valence-electron chi connectivity index (χ4n) is 5.71. The lowest BCUT2D eigenvalue weighted by atomic mass is 9.83. The number of ether oxygens (including phenoxy) is 14. The maximum atomic E-state index is 5.21. The van der Waals surface area contributed by atoms with Crippen LogP contribution >= 0.6 is 0 Å². The highest BCUT2D eigenvalue weighted by atomic mass is 16.5. The first kappa shape index (κ1) is 76.9. The summed E-state index contributed by atoms with van der Waals surface area (Å²) >= 11 is 0. The number of hydrogen-bond donors (Lipinski definition) is 0. The van der Waals surface area contributed by atoms with Gasteiger partial charge in [-0.25, -0.2) is 0 Å². The van der Waals surface area contributed by atoms with Crippen molar-refractivity contribution in [3.8, 4) is 0 Å². The van der Waals surface area contributed by atoms with E-state index in [9.17, 15) is 0 Å². The Hall–Kier alpha value is -6.02. The third kappa shape index (κ3) is 68.1. The van der Waals surface area contributed by atoms with E-state index in [1.54, 1.807) is 0 Å². The molecular formula is C60H104O14. The second-order valence-corrected chi connectivity index (χ2v) is 17.1. The molecule has 428 valence electrons. The van der Waals surface area contributed by atoms with Crippen molar-refractivity contribution in [1.82, 2.24) is 0 Å². The van der Waals surface area contributed by atoms with Crippen LogP contribution < -0.4 is 0 Å². The summed E-state index contributed by atoms with van der Waals surface area (Å²) in [7, 11) is 0. The standard InChI is InChI=1S/C12H20O2.C11H18O3.C11H20O2.C10H18O2.C8H14O3.C8H14O2/c1-3-13-9-11-5-7-12(8-6-11)10-14-4-2;1-5-12-8-11(4,9-13-6-2)10-14-7-3;1-5-12-9-7-11(3,4)8-10-13-6-2;1-4-11-8-6-10(3)7-9-12-5-2;1-3-9-5-7-11-8-6-10-4-2;1-3-9-7-5-6-8-10-4-2/h3-4,11-12H,1-2,5-10H2;5-7H,1-3,8-10H2,4H3;5-6H,1-2,7-10H2,3-4H3;4-5,10H,1-2,6-9H2,3H3;3-4H,1-2,5-8H2;3-4H,1-2,5-8H2. The summed E-state index contributed by atoms with van der Waals surface area (Å²) in [5, 5.41) is 0. The minimum Gasteiger partial charge on any atom is -0.502 e. The van der Waals surface area contributed by atoms with Gasteiger partial charge in [0.2, 0.25) is 0 Å². The summed E-state index contributed by atoms with van der Waals surface area (Å²) in [4.78, 5) is 0. The van der Waals surface area contributed by atoms with Gasteiger partial charge in [-0.1, -0.05) is 106 Å². The van der Waals surface area contributed by atoms with Crippen molar-refractivity contribution in [3.63, 3.8) is 0 Å². The van der Waals surface area contributed by atoms with Crippen LogP contribution in [-0.2, 0) is 66.3 Å². The van der Waals surface area contributed by atoms with Gasteiger partial charge in [-0.3, -0.25) is 0 Å². The van der Waals surface area contributed by atoms with Gasteiger partial charge < -0.3 is 66.3 Å². The Balaban J connectivity index is -0.000000258. The van der Waals surface area contributed by atoms with Crippen molar-refractivity contribution < 1.29 is 66.3 Å². The van der Waals surface area contributed by atoms with E-state index in [4.69, 9.17) is 66.3 Å². The summed E-state index contributed by atoms with van der Waals surface area (Å²) in [5.74, 6) is 2.06. The third-order valence-corrected chi connectivity index (χ3v) is 10.2. The van der Waals surface area contributed by atoms with Crippen LogP contribution in [0.25, 0.3) is 0 Å². The molecule has 0 aromatic heterocycles. The number of rotatable bonds is 46. The van der Waals surface area contributed by atoms with Gasteiger partial charge in [-0.15, -0.1) is 0 Å². The molecule has 0 saturated heterocycles. The minimum atomic E-state index is -0.226. The van der Waals surface area contributed by atoms with E-state index in [0.717, 1.165) is 91.4 Å². The van der Waals surface area contributed by atoms with Crippen molar-refractivity contribution in [2.75, 3.05) is 99.1 Å². The maximum Gasteiger partial charge on any atom is 0.111 e. The Morgan fingerprint density at radius 2 is 0.622 bits per heavy atom. The van der Waals surface area contributed by atoms with E-state index < -0.39 is 0 Å². The van der Waals surface area contributed by atoms with Crippen molar-refractivity contribution in [1.29, 1.82) is 0 Å². The smallest absolute Gasteiger partial charge is 0.111 e. The van der Waals surface area contributed by atoms with Gasteiger partial charge in [0.25, 0.3) is 0 Å². The molecule has 14 nitrogen and oxygen atoms in total. The Labute approximate surface area is 451 Å². The molecule has 0 aromatic rings. The molecule has 0 heterocycles. The summed E-state index contributed by atoms with van der Waals surface area (Å²) < 4.78 is 70.5. The molecule has 1 aliphatic carbocycles. The number of unbranched alkanes of at least 4 members (excludes halogenated alkanes) is 1. The average Bonchev–Trinajstić information content (AvgIpc) is 3.40. The first-order chi connectivity index (χ1) is 35.8. The molecule has 1 rings (SSSR count). The van der Waals surface area contributed by atoms with Crippen molar-refractivity contribution in [3.05, 3.63) is 167 Å². The lowest BCUT2D eigenvalue weighted by molar-refractivity contribution is 0.00357. The lowest BCUT2D eigenvalue weighted by Crippen LogP contribution is -2.32. The third-order valence-electron chi connectivity index (χ3n) is 10.2. The van der Waals surface area contributed by atoms with Crippen molar-refractivity contribution >= 4 is 0 Å². The van der Waals surface area contributed by atoms with Crippen LogP contribution in [0.5, 0.6) is 0 Å². The quantitative estimate of drug-likeness (QED) is 0.0423. The highest BCUT2D eigenvalue weighted by Gasteiger charge is 2.26. The van der Waals surface area contributed by atoms with E-state index in [0.29, 0.717) is 64.0 Å². The van der Waals surface area contributed by atoms with Gasteiger partial charge in [-0.2, -0.15) is 0 Å². The van der Waals surface area contributed by atoms with E-state index in [2.05, 4.69) is 106 Å². The van der Waals surface area contributed by atoms with E-state index in [-0.39, 0.29) is 10.8 Å². The topological polar surface area (TPSA) is 129 Å². The molecule has 0 aliphatic heterocycles. The van der Waals surface area contributed by atoms with Gasteiger partial charge in [-0.05, 0) is 94.3 Å². The van der Waals surface area contributed by atoms with Crippen LogP contribution in [0.1, 0.15) is 91.9 Å². The fraction of sp³-hybridized carbons (Fsp3) is 0.567. The van der Waals surface area contributed by atoms with Gasteiger partial charge in [0.15, 0.2) is 0 Å². The van der Waals surface area contributed by atoms with Crippen molar-refractivity contribution in [2.45, 2.75) is 91.9 Å². The zero-order chi connectivity index (χ0) is 56.5. The molecule has 0 N–H and O–H groups in total. The molecule has 0 amide bonds. The molecule has 1 aliphatic rings. The van der Waals surface area contributed by atoms with Crippen molar-refractivity contribution in [2.24, 2.45) is 28.6 Å². The number of hydrogen-bond acceptors (Lipinski definition) is 14. The molecule has 1 fully saturated rings. The first-order valence-electron chi connectivity index (χ1n) is 25.3. The first-order valence-corrected chi connectivity index (χ1v) is 25.3. The molecule has 1 saturated carbocycles. The van der Waals surface area contributed by atoms with Gasteiger partial charge in [0.1, 0.15) is 13.2 Å². The SMILES string of the molecule is C=COCC(C)(COC=C)COC=C.C=COCC1CCC(COC=C)CC1.C=COCCC(C)(C)CCOC=C.C=COCCC(C)CCOC=C.C=COCCCCOC=C.C=COCCOCCOC=C. The van der Waals surface area contributed by atoms with Crippen LogP contribution in [0.4, 0.5) is 0 Å². The molecular weight excluding hydrogens is 945 g/mol. The van der Waals surface area contributed by atoms with E-state index >= 15 is 0 Å². The van der Waals surface area contributed by atoms with Crippen LogP contribution in [0, 0.1) is 28.6 Å². The zero-order valence-electron chi connectivity index (χ0n) is 46.8. The zero-order valence-corrected chi connectivity index (χ0v) is 46.8. The summed E-state index contributed by atoms with van der Waals surface area (Å²) in [6, 6.07) is 0. The Kier molecular flexibility index (Phi) is 67.5. The highest BCUT2D eigenvalue weighted by Crippen LogP contribution is 2.29. The molecule has 0 spiro atoms. The highest BCUT2D eigenvalue weighted by molar-refractivity contribution is 4.77. The predicted octanol–water partition coefficient (Wildman–Crippen LogP) is 14.8. The van der Waals surface area contributed by atoms with Crippen LogP contribution in [0.3, 0.4) is 0 Å². The molecule has 0 unspecified atom stereocenters. The normalized spacial score (nSPS) is 12.8. The predicted molar refractivity (Wildman–Crippen MR) is 305 cm³/mol. The molecule has 14 heteroatoms. The Morgan fingerprint density at radius 3 is 0.919 bits per heavy atom. The maximum absolute atomic E-state index is 5.21.